The topological polar surface area (TPSA) is 88.7 Å². The van der Waals surface area contributed by atoms with Crippen molar-refractivity contribution >= 4 is 11.6 Å². The molecule has 4 rings (SSSR count). The van der Waals surface area contributed by atoms with Gasteiger partial charge in [-0.05, 0) is 36.4 Å². The first kappa shape index (κ1) is 14.0. The average molecular weight is 319 g/mol. The second-order valence-corrected chi connectivity index (χ2v) is 5.12. The SMILES string of the molecule is O=C(Nc1ccc(-n2ccnc2)cc1)c1cc(-c2ccco2)[nH]n1. The molecule has 0 radical (unpaired) electrons. The van der Waals surface area contributed by atoms with Gasteiger partial charge in [-0.1, -0.05) is 0 Å². The highest BCUT2D eigenvalue weighted by Crippen LogP contribution is 2.19. The van der Waals surface area contributed by atoms with Crippen LogP contribution in [0, 0.1) is 0 Å². The predicted molar refractivity (Wildman–Crippen MR) is 87.8 cm³/mol. The Morgan fingerprint density at radius 2 is 2.08 bits per heavy atom. The number of hydrogen-bond acceptors (Lipinski definition) is 4. The third-order valence-electron chi connectivity index (χ3n) is 3.52. The average Bonchev–Trinajstić information content (AvgIpc) is 3.35. The Bertz CT molecular complexity index is 937. The van der Waals surface area contributed by atoms with Gasteiger partial charge in [0.1, 0.15) is 5.69 Å². The summed E-state index contributed by atoms with van der Waals surface area (Å²) < 4.78 is 7.15. The molecule has 2 N–H and O–H groups in total. The second kappa shape index (κ2) is 5.88. The molecule has 0 saturated heterocycles. The summed E-state index contributed by atoms with van der Waals surface area (Å²) in [4.78, 5) is 16.3. The minimum atomic E-state index is -0.292. The Balaban J connectivity index is 1.48. The molecular formula is C17H13N5O2. The van der Waals surface area contributed by atoms with E-state index in [1.165, 1.54) is 0 Å². The van der Waals surface area contributed by atoms with E-state index < -0.39 is 0 Å². The molecule has 4 aromatic rings. The monoisotopic (exact) mass is 319 g/mol. The number of nitrogens with one attached hydrogen (secondary N) is 2. The van der Waals surface area contributed by atoms with Gasteiger partial charge in [0.25, 0.3) is 5.91 Å². The molecule has 3 heterocycles. The van der Waals surface area contributed by atoms with Gasteiger partial charge >= 0.3 is 0 Å². The number of benzene rings is 1. The van der Waals surface area contributed by atoms with Gasteiger partial charge in [0.05, 0.1) is 12.6 Å². The number of aromatic nitrogens is 4. The van der Waals surface area contributed by atoms with Gasteiger partial charge in [-0.3, -0.25) is 9.89 Å². The quantitative estimate of drug-likeness (QED) is 0.605. The number of amides is 1. The van der Waals surface area contributed by atoms with Crippen LogP contribution in [0.4, 0.5) is 5.69 Å². The maximum atomic E-state index is 12.3. The highest BCUT2D eigenvalue weighted by atomic mass is 16.3. The number of carbonyl (C=O) groups excluding carboxylic acids is 1. The van der Waals surface area contributed by atoms with E-state index >= 15 is 0 Å². The molecule has 0 bridgehead atoms. The van der Waals surface area contributed by atoms with Crippen molar-refractivity contribution in [2.45, 2.75) is 0 Å². The first-order chi connectivity index (χ1) is 11.8. The summed E-state index contributed by atoms with van der Waals surface area (Å²) in [7, 11) is 0. The van der Waals surface area contributed by atoms with Crippen molar-refractivity contribution in [2.75, 3.05) is 5.32 Å². The Morgan fingerprint density at radius 1 is 1.21 bits per heavy atom. The summed E-state index contributed by atoms with van der Waals surface area (Å²) in [5.74, 6) is 0.339. The van der Waals surface area contributed by atoms with Gasteiger partial charge < -0.3 is 14.3 Å². The van der Waals surface area contributed by atoms with Crippen molar-refractivity contribution in [3.63, 3.8) is 0 Å². The first-order valence-corrected chi connectivity index (χ1v) is 7.28. The Hall–Kier alpha value is -3.61. The van der Waals surface area contributed by atoms with Gasteiger partial charge in [-0.2, -0.15) is 5.10 Å². The van der Waals surface area contributed by atoms with E-state index in [9.17, 15) is 4.79 Å². The van der Waals surface area contributed by atoms with Crippen LogP contribution in [0.15, 0.2) is 71.9 Å². The molecule has 24 heavy (non-hydrogen) atoms. The molecule has 118 valence electrons. The molecule has 0 unspecified atom stereocenters. The van der Waals surface area contributed by atoms with Crippen LogP contribution in [0.1, 0.15) is 10.5 Å². The molecule has 0 atom stereocenters. The van der Waals surface area contributed by atoms with Crippen molar-refractivity contribution in [3.8, 4) is 17.1 Å². The first-order valence-electron chi connectivity index (χ1n) is 7.28. The number of rotatable bonds is 4. The predicted octanol–water partition coefficient (Wildman–Crippen LogP) is 3.11. The van der Waals surface area contributed by atoms with E-state index in [0.29, 0.717) is 22.8 Å². The standard InChI is InChI=1S/C17H13N5O2/c23-17(15-10-14(20-21-15)16-2-1-9-24-16)19-12-3-5-13(6-4-12)22-8-7-18-11-22/h1-11H,(H,19,23)(H,20,21). The fraction of sp³-hybridized carbons (Fsp3) is 0. The van der Waals surface area contributed by atoms with Crippen LogP contribution < -0.4 is 5.32 Å². The number of hydrogen-bond donors (Lipinski definition) is 2. The molecule has 0 spiro atoms. The van der Waals surface area contributed by atoms with Gasteiger partial charge in [0, 0.05) is 29.8 Å². The van der Waals surface area contributed by atoms with Gasteiger partial charge in [0.2, 0.25) is 0 Å². The number of imidazole rings is 1. The largest absolute Gasteiger partial charge is 0.463 e. The van der Waals surface area contributed by atoms with Crippen LogP contribution in [0.5, 0.6) is 0 Å². The normalized spacial score (nSPS) is 10.7. The third-order valence-corrected chi connectivity index (χ3v) is 3.52. The molecule has 1 amide bonds. The Morgan fingerprint density at radius 3 is 2.79 bits per heavy atom. The van der Waals surface area contributed by atoms with Gasteiger partial charge in [0.15, 0.2) is 11.5 Å². The van der Waals surface area contributed by atoms with Crippen LogP contribution >= 0.6 is 0 Å². The smallest absolute Gasteiger partial charge is 0.276 e. The second-order valence-electron chi connectivity index (χ2n) is 5.12. The molecular weight excluding hydrogens is 306 g/mol. The highest BCUT2D eigenvalue weighted by Gasteiger charge is 2.13. The van der Waals surface area contributed by atoms with Crippen LogP contribution in [0.3, 0.4) is 0 Å². The summed E-state index contributed by atoms with van der Waals surface area (Å²) in [6, 6.07) is 12.7. The number of carbonyl (C=O) groups is 1. The Kier molecular flexibility index (Phi) is 3.43. The van der Waals surface area contributed by atoms with Gasteiger partial charge in [-0.15, -0.1) is 0 Å². The third kappa shape index (κ3) is 2.70. The number of aromatic amines is 1. The molecule has 0 aliphatic heterocycles. The number of nitrogens with zero attached hydrogens (tertiary/aromatic N) is 3. The molecule has 7 heteroatoms. The van der Waals surface area contributed by atoms with Crippen LogP contribution in [-0.4, -0.2) is 25.7 Å². The summed E-state index contributed by atoms with van der Waals surface area (Å²) in [6.07, 6.45) is 6.85. The van der Waals surface area contributed by atoms with E-state index in [0.717, 1.165) is 5.69 Å². The van der Waals surface area contributed by atoms with Crippen molar-refractivity contribution in [2.24, 2.45) is 0 Å². The number of H-pyrrole nitrogens is 1. The zero-order valence-electron chi connectivity index (χ0n) is 12.5. The minimum Gasteiger partial charge on any atom is -0.463 e. The van der Waals surface area contributed by atoms with Crippen molar-refractivity contribution in [1.82, 2.24) is 19.7 Å². The summed E-state index contributed by atoms with van der Waals surface area (Å²) in [6.45, 7) is 0. The van der Waals surface area contributed by atoms with E-state index in [2.05, 4.69) is 20.5 Å². The number of furan rings is 1. The molecule has 0 aliphatic carbocycles. The fourth-order valence-corrected chi connectivity index (χ4v) is 2.32. The maximum absolute atomic E-state index is 12.3. The van der Waals surface area contributed by atoms with E-state index in [-0.39, 0.29) is 5.91 Å². The zero-order chi connectivity index (χ0) is 16.4. The molecule has 0 saturated carbocycles. The molecule has 3 aromatic heterocycles. The van der Waals surface area contributed by atoms with Crippen LogP contribution in [0.25, 0.3) is 17.1 Å². The van der Waals surface area contributed by atoms with Crippen LogP contribution in [0.2, 0.25) is 0 Å². The summed E-state index contributed by atoms with van der Waals surface area (Å²) in [5.41, 5.74) is 2.59. The molecule has 7 nitrogen and oxygen atoms in total. The lowest BCUT2D eigenvalue weighted by Gasteiger charge is -2.05. The lowest BCUT2D eigenvalue weighted by Crippen LogP contribution is -2.12. The van der Waals surface area contributed by atoms with E-state index in [4.69, 9.17) is 4.42 Å². The lowest BCUT2D eigenvalue weighted by atomic mass is 10.2. The molecule has 0 fully saturated rings. The number of anilines is 1. The Labute approximate surface area is 137 Å². The van der Waals surface area contributed by atoms with Crippen molar-refractivity contribution in [3.05, 3.63) is 73.1 Å². The van der Waals surface area contributed by atoms with E-state index in [1.54, 1.807) is 37.0 Å². The van der Waals surface area contributed by atoms with Gasteiger partial charge in [-0.25, -0.2) is 4.98 Å². The van der Waals surface area contributed by atoms with Crippen molar-refractivity contribution < 1.29 is 9.21 Å². The highest BCUT2D eigenvalue weighted by molar-refractivity contribution is 6.03. The van der Waals surface area contributed by atoms with E-state index in [1.807, 2.05) is 35.0 Å². The molecule has 0 aliphatic rings. The van der Waals surface area contributed by atoms with Crippen molar-refractivity contribution in [1.29, 1.82) is 0 Å². The summed E-state index contributed by atoms with van der Waals surface area (Å²) >= 11 is 0. The minimum absolute atomic E-state index is 0.292. The maximum Gasteiger partial charge on any atom is 0.276 e. The fourth-order valence-electron chi connectivity index (χ4n) is 2.32. The lowest BCUT2D eigenvalue weighted by molar-refractivity contribution is 0.102. The van der Waals surface area contributed by atoms with Crippen LogP contribution in [-0.2, 0) is 0 Å². The summed E-state index contributed by atoms with van der Waals surface area (Å²) in [5, 5.41) is 9.62. The zero-order valence-corrected chi connectivity index (χ0v) is 12.5. The molecule has 1 aromatic carbocycles.